The Labute approximate surface area is 132 Å². The van der Waals surface area contributed by atoms with Crippen LogP contribution in [0.2, 0.25) is 0 Å². The fourth-order valence-electron chi connectivity index (χ4n) is 2.51. The number of aryl methyl sites for hydroxylation is 2. The quantitative estimate of drug-likeness (QED) is 0.746. The maximum Gasteiger partial charge on any atom is 0.275 e. The van der Waals surface area contributed by atoms with Crippen molar-refractivity contribution in [2.45, 2.75) is 27.3 Å². The van der Waals surface area contributed by atoms with Crippen molar-refractivity contribution in [3.05, 3.63) is 56.4 Å². The summed E-state index contributed by atoms with van der Waals surface area (Å²) in [7, 11) is 2.02. The molecule has 1 aromatic carbocycles. The molecule has 0 saturated carbocycles. The standard InChI is InChI=1S/C16H18N4OS/c1-10-6-5-7-14(11(10)2)19(4)9-13-8-15(21)20-16(17-13)22-12(3)18-20/h5-8H,9H2,1-4H3. The van der Waals surface area contributed by atoms with Crippen LogP contribution in [0, 0.1) is 20.8 Å². The minimum Gasteiger partial charge on any atom is -0.368 e. The Bertz CT molecular complexity index is 897. The third kappa shape index (κ3) is 2.62. The fourth-order valence-corrected chi connectivity index (χ4v) is 3.28. The molecule has 6 heteroatoms. The van der Waals surface area contributed by atoms with E-state index < -0.39 is 0 Å². The molecule has 3 rings (SSSR count). The third-order valence-electron chi connectivity index (χ3n) is 3.79. The normalized spacial score (nSPS) is 11.1. The van der Waals surface area contributed by atoms with E-state index in [1.807, 2.05) is 20.0 Å². The summed E-state index contributed by atoms with van der Waals surface area (Å²) >= 11 is 1.43. The lowest BCUT2D eigenvalue weighted by Gasteiger charge is -2.22. The van der Waals surface area contributed by atoms with E-state index in [4.69, 9.17) is 0 Å². The topological polar surface area (TPSA) is 50.5 Å². The third-order valence-corrected chi connectivity index (χ3v) is 4.61. The monoisotopic (exact) mass is 314 g/mol. The van der Waals surface area contributed by atoms with Crippen molar-refractivity contribution in [2.24, 2.45) is 0 Å². The summed E-state index contributed by atoms with van der Waals surface area (Å²) in [4.78, 5) is 19.4. The van der Waals surface area contributed by atoms with Crippen molar-refractivity contribution in [2.75, 3.05) is 11.9 Å². The number of rotatable bonds is 3. The van der Waals surface area contributed by atoms with Crippen molar-refractivity contribution < 1.29 is 0 Å². The number of fused-ring (bicyclic) bond motifs is 1. The molecule has 5 nitrogen and oxygen atoms in total. The van der Waals surface area contributed by atoms with Crippen LogP contribution in [-0.2, 0) is 6.54 Å². The lowest BCUT2D eigenvalue weighted by molar-refractivity contribution is 0.833. The molecule has 0 atom stereocenters. The van der Waals surface area contributed by atoms with Gasteiger partial charge in [0.1, 0.15) is 5.01 Å². The number of benzene rings is 1. The molecule has 0 aliphatic carbocycles. The van der Waals surface area contributed by atoms with Gasteiger partial charge in [0.05, 0.1) is 12.2 Å². The Hall–Kier alpha value is -2.21. The molecular weight excluding hydrogens is 296 g/mol. The minimum absolute atomic E-state index is 0.126. The summed E-state index contributed by atoms with van der Waals surface area (Å²) in [6.07, 6.45) is 0. The second-order valence-electron chi connectivity index (χ2n) is 5.48. The average molecular weight is 314 g/mol. The van der Waals surface area contributed by atoms with Gasteiger partial charge in [-0.15, -0.1) is 0 Å². The van der Waals surface area contributed by atoms with Crippen LogP contribution in [0.5, 0.6) is 0 Å². The first-order valence-electron chi connectivity index (χ1n) is 7.09. The summed E-state index contributed by atoms with van der Waals surface area (Å²) in [5.74, 6) is 0. The van der Waals surface area contributed by atoms with E-state index in [1.54, 1.807) is 6.07 Å². The fraction of sp³-hybridized carbons (Fsp3) is 0.312. The van der Waals surface area contributed by atoms with Gasteiger partial charge < -0.3 is 4.90 Å². The highest BCUT2D eigenvalue weighted by molar-refractivity contribution is 7.16. The van der Waals surface area contributed by atoms with Crippen LogP contribution in [0.15, 0.2) is 29.1 Å². The first kappa shape index (κ1) is 14.7. The molecule has 0 saturated heterocycles. The molecule has 0 amide bonds. The minimum atomic E-state index is -0.126. The SMILES string of the molecule is Cc1nn2c(=O)cc(CN(C)c3cccc(C)c3C)nc2s1. The predicted molar refractivity (Wildman–Crippen MR) is 89.9 cm³/mol. The van der Waals surface area contributed by atoms with E-state index in [0.717, 1.165) is 16.4 Å². The maximum atomic E-state index is 12.1. The second-order valence-corrected chi connectivity index (χ2v) is 6.64. The van der Waals surface area contributed by atoms with E-state index in [9.17, 15) is 4.79 Å². The average Bonchev–Trinajstić information content (AvgIpc) is 2.83. The van der Waals surface area contributed by atoms with Crippen LogP contribution in [0.1, 0.15) is 21.8 Å². The maximum absolute atomic E-state index is 12.1. The lowest BCUT2D eigenvalue weighted by Crippen LogP contribution is -2.22. The highest BCUT2D eigenvalue weighted by atomic mass is 32.1. The first-order chi connectivity index (χ1) is 10.5. The van der Waals surface area contributed by atoms with Gasteiger partial charge in [-0.2, -0.15) is 9.61 Å². The highest BCUT2D eigenvalue weighted by Gasteiger charge is 2.11. The number of hydrogen-bond acceptors (Lipinski definition) is 5. The van der Waals surface area contributed by atoms with Gasteiger partial charge in [-0.3, -0.25) is 4.79 Å². The molecule has 0 bridgehead atoms. The Balaban J connectivity index is 1.95. The zero-order valence-corrected chi connectivity index (χ0v) is 13.9. The molecular formula is C16H18N4OS. The van der Waals surface area contributed by atoms with Gasteiger partial charge >= 0.3 is 0 Å². The second kappa shape index (κ2) is 5.53. The predicted octanol–water partition coefficient (Wildman–Crippen LogP) is 2.71. The molecule has 2 heterocycles. The van der Waals surface area contributed by atoms with Crippen LogP contribution in [0.3, 0.4) is 0 Å². The van der Waals surface area contributed by atoms with Crippen molar-refractivity contribution in [3.63, 3.8) is 0 Å². The van der Waals surface area contributed by atoms with Crippen LogP contribution in [0.25, 0.3) is 4.96 Å². The van der Waals surface area contributed by atoms with Gasteiger partial charge in [-0.25, -0.2) is 4.98 Å². The number of nitrogens with zero attached hydrogens (tertiary/aromatic N) is 4. The molecule has 0 spiro atoms. The smallest absolute Gasteiger partial charge is 0.275 e. The first-order valence-corrected chi connectivity index (χ1v) is 7.91. The molecule has 2 aromatic heterocycles. The molecule has 114 valence electrons. The van der Waals surface area contributed by atoms with Gasteiger partial charge in [0.2, 0.25) is 4.96 Å². The summed E-state index contributed by atoms with van der Waals surface area (Å²) in [5, 5.41) is 5.00. The van der Waals surface area contributed by atoms with E-state index in [1.165, 1.54) is 27.0 Å². The largest absolute Gasteiger partial charge is 0.368 e. The number of aromatic nitrogens is 3. The molecule has 0 aliphatic heterocycles. The van der Waals surface area contributed by atoms with E-state index in [2.05, 4.69) is 41.0 Å². The molecule has 22 heavy (non-hydrogen) atoms. The number of anilines is 1. The van der Waals surface area contributed by atoms with E-state index in [-0.39, 0.29) is 5.56 Å². The van der Waals surface area contributed by atoms with Crippen LogP contribution in [0.4, 0.5) is 5.69 Å². The molecule has 3 aromatic rings. The summed E-state index contributed by atoms with van der Waals surface area (Å²) in [6.45, 7) is 6.68. The van der Waals surface area contributed by atoms with E-state index in [0.29, 0.717) is 11.5 Å². The molecule has 0 fully saturated rings. The lowest BCUT2D eigenvalue weighted by atomic mass is 10.1. The van der Waals surface area contributed by atoms with Crippen LogP contribution >= 0.6 is 11.3 Å². The summed E-state index contributed by atoms with van der Waals surface area (Å²) in [5.41, 5.74) is 4.29. The van der Waals surface area contributed by atoms with Crippen LogP contribution < -0.4 is 10.5 Å². The van der Waals surface area contributed by atoms with Gasteiger partial charge in [-0.05, 0) is 38.0 Å². The summed E-state index contributed by atoms with van der Waals surface area (Å²) in [6, 6.07) is 7.80. The zero-order valence-electron chi connectivity index (χ0n) is 13.1. The molecule has 0 unspecified atom stereocenters. The van der Waals surface area contributed by atoms with Gasteiger partial charge in [0, 0.05) is 18.8 Å². The Morgan fingerprint density at radius 2 is 2.05 bits per heavy atom. The Morgan fingerprint density at radius 1 is 1.27 bits per heavy atom. The molecule has 0 aliphatic rings. The van der Waals surface area contributed by atoms with Gasteiger partial charge in [-0.1, -0.05) is 23.5 Å². The van der Waals surface area contributed by atoms with Crippen molar-refractivity contribution in [1.29, 1.82) is 0 Å². The Kier molecular flexibility index (Phi) is 3.70. The number of hydrogen-bond donors (Lipinski definition) is 0. The summed E-state index contributed by atoms with van der Waals surface area (Å²) < 4.78 is 1.36. The van der Waals surface area contributed by atoms with Crippen molar-refractivity contribution in [3.8, 4) is 0 Å². The van der Waals surface area contributed by atoms with Gasteiger partial charge in [0.25, 0.3) is 5.56 Å². The van der Waals surface area contributed by atoms with Gasteiger partial charge in [0.15, 0.2) is 0 Å². The van der Waals surface area contributed by atoms with E-state index >= 15 is 0 Å². The zero-order chi connectivity index (χ0) is 15.9. The molecule has 0 radical (unpaired) electrons. The van der Waals surface area contributed by atoms with Crippen LogP contribution in [-0.4, -0.2) is 21.6 Å². The highest BCUT2D eigenvalue weighted by Crippen LogP contribution is 2.22. The molecule has 0 N–H and O–H groups in total. The van der Waals surface area contributed by atoms with Crippen molar-refractivity contribution >= 4 is 22.0 Å². The van der Waals surface area contributed by atoms with Crippen molar-refractivity contribution in [1.82, 2.24) is 14.6 Å². The Morgan fingerprint density at radius 3 is 2.82 bits per heavy atom.